The molecule has 0 rings (SSSR count). The van der Waals surface area contributed by atoms with Crippen LogP contribution in [0.25, 0.3) is 0 Å². The van der Waals surface area contributed by atoms with Crippen LogP contribution < -0.4 is 5.32 Å². The maximum absolute atomic E-state index is 12.9. The Morgan fingerprint density at radius 2 is 1.56 bits per heavy atom. The summed E-state index contributed by atoms with van der Waals surface area (Å²) in [4.78, 5) is 51.8. The van der Waals surface area contributed by atoms with E-state index in [0.29, 0.717) is 19.3 Å². The van der Waals surface area contributed by atoms with E-state index in [1.807, 2.05) is 34.6 Å². The minimum absolute atomic E-state index is 0.0381. The van der Waals surface area contributed by atoms with E-state index < -0.39 is 18.1 Å². The summed E-state index contributed by atoms with van der Waals surface area (Å²) in [6, 6.07) is -1.96. The van der Waals surface area contributed by atoms with Crippen molar-refractivity contribution in [2.75, 3.05) is 14.1 Å². The van der Waals surface area contributed by atoms with Crippen LogP contribution in [0.3, 0.4) is 0 Å². The van der Waals surface area contributed by atoms with Crippen molar-refractivity contribution in [3.05, 3.63) is 0 Å². The van der Waals surface area contributed by atoms with Crippen molar-refractivity contribution in [3.8, 4) is 0 Å². The topological polar surface area (TPSA) is 86.8 Å². The van der Waals surface area contributed by atoms with Crippen molar-refractivity contribution in [2.24, 2.45) is 11.8 Å². The molecule has 0 heterocycles. The van der Waals surface area contributed by atoms with Gasteiger partial charge in [-0.1, -0.05) is 34.6 Å². The largest absolute Gasteiger partial charge is 0.345 e. The summed E-state index contributed by atoms with van der Waals surface area (Å²) >= 11 is 0. The van der Waals surface area contributed by atoms with Crippen LogP contribution in [0.1, 0.15) is 60.8 Å². The van der Waals surface area contributed by atoms with Gasteiger partial charge < -0.3 is 19.9 Å². The third-order valence-corrected chi connectivity index (χ3v) is 4.78. The number of rotatable bonds is 11. The van der Waals surface area contributed by atoms with E-state index in [9.17, 15) is 19.2 Å². The van der Waals surface area contributed by atoms with Crippen LogP contribution in [0.4, 0.5) is 0 Å². The average Bonchev–Trinajstić information content (AvgIpc) is 2.61. The van der Waals surface area contributed by atoms with E-state index in [1.54, 1.807) is 21.0 Å². The van der Waals surface area contributed by atoms with Gasteiger partial charge in [-0.2, -0.15) is 0 Å². The molecule has 0 aliphatic carbocycles. The summed E-state index contributed by atoms with van der Waals surface area (Å²) in [5.74, 6) is -0.601. The molecular formula is C20H37N3O4. The SMILES string of the molecule is CCCC(=O)N(C)[C@H](C)C(=O)N(C)[C@@H](CC(C)C)C(=O)NC(C=O)C(C)C. The average molecular weight is 384 g/mol. The molecular weight excluding hydrogens is 346 g/mol. The molecule has 0 saturated carbocycles. The summed E-state index contributed by atoms with van der Waals surface area (Å²) < 4.78 is 0. The van der Waals surface area contributed by atoms with Crippen LogP contribution in [-0.2, 0) is 19.2 Å². The van der Waals surface area contributed by atoms with Crippen LogP contribution in [0.15, 0.2) is 0 Å². The van der Waals surface area contributed by atoms with Gasteiger partial charge in [-0.3, -0.25) is 14.4 Å². The highest BCUT2D eigenvalue weighted by molar-refractivity contribution is 5.92. The molecule has 0 aliphatic heterocycles. The molecule has 0 aromatic heterocycles. The molecule has 0 fully saturated rings. The second kappa shape index (κ2) is 11.7. The van der Waals surface area contributed by atoms with Crippen molar-refractivity contribution in [1.82, 2.24) is 15.1 Å². The van der Waals surface area contributed by atoms with Gasteiger partial charge in [0.25, 0.3) is 0 Å². The zero-order chi connectivity index (χ0) is 21.3. The summed E-state index contributed by atoms with van der Waals surface area (Å²) in [6.07, 6.45) is 2.28. The van der Waals surface area contributed by atoms with E-state index in [2.05, 4.69) is 5.32 Å². The maximum Gasteiger partial charge on any atom is 0.245 e. The van der Waals surface area contributed by atoms with E-state index >= 15 is 0 Å². The molecule has 3 amide bonds. The lowest BCUT2D eigenvalue weighted by atomic mass is 9.99. The van der Waals surface area contributed by atoms with Gasteiger partial charge in [-0.15, -0.1) is 0 Å². The predicted molar refractivity (Wildman–Crippen MR) is 106 cm³/mol. The van der Waals surface area contributed by atoms with Gasteiger partial charge in [0.05, 0.1) is 6.04 Å². The fraction of sp³-hybridized carbons (Fsp3) is 0.800. The number of amides is 3. The molecule has 156 valence electrons. The van der Waals surface area contributed by atoms with Crippen LogP contribution in [0.2, 0.25) is 0 Å². The van der Waals surface area contributed by atoms with Gasteiger partial charge in [-0.25, -0.2) is 0 Å². The van der Waals surface area contributed by atoms with Gasteiger partial charge in [0.1, 0.15) is 18.4 Å². The molecule has 3 atom stereocenters. The Morgan fingerprint density at radius 3 is 1.96 bits per heavy atom. The molecule has 1 unspecified atom stereocenters. The van der Waals surface area contributed by atoms with Gasteiger partial charge in [0, 0.05) is 20.5 Å². The molecule has 1 N–H and O–H groups in total. The third-order valence-electron chi connectivity index (χ3n) is 4.78. The molecule has 0 radical (unpaired) electrons. The molecule has 0 saturated heterocycles. The summed E-state index contributed by atoms with van der Waals surface area (Å²) in [7, 11) is 3.18. The number of nitrogens with zero attached hydrogens (tertiary/aromatic N) is 2. The Labute approximate surface area is 163 Å². The highest BCUT2D eigenvalue weighted by atomic mass is 16.2. The lowest BCUT2D eigenvalue weighted by molar-refractivity contribution is -0.147. The smallest absolute Gasteiger partial charge is 0.245 e. The number of carbonyl (C=O) groups is 4. The van der Waals surface area contributed by atoms with E-state index in [0.717, 1.165) is 6.29 Å². The van der Waals surface area contributed by atoms with Crippen LogP contribution in [0.5, 0.6) is 0 Å². The standard InChI is InChI=1S/C20H37N3O4/c1-9-10-18(25)22(7)15(6)20(27)23(8)17(11-13(2)3)19(26)21-16(12-24)14(4)5/h12-17H,9-11H2,1-8H3,(H,21,26)/t15-,16?,17+/m1/s1. The number of hydrogen-bond acceptors (Lipinski definition) is 4. The summed E-state index contributed by atoms with van der Waals surface area (Å²) in [5, 5.41) is 2.74. The summed E-state index contributed by atoms with van der Waals surface area (Å²) in [5.41, 5.74) is 0. The van der Waals surface area contributed by atoms with Crippen LogP contribution >= 0.6 is 0 Å². The van der Waals surface area contributed by atoms with Crippen LogP contribution in [-0.4, -0.2) is 66.0 Å². The number of carbonyl (C=O) groups excluding carboxylic acids is 4. The highest BCUT2D eigenvalue weighted by Crippen LogP contribution is 2.15. The maximum atomic E-state index is 12.9. The first kappa shape index (κ1) is 25.1. The zero-order valence-electron chi connectivity index (χ0n) is 18.1. The first-order valence-electron chi connectivity index (χ1n) is 9.75. The van der Waals surface area contributed by atoms with Crippen molar-refractivity contribution >= 4 is 24.0 Å². The van der Waals surface area contributed by atoms with Gasteiger partial charge in [-0.05, 0) is 31.6 Å². The van der Waals surface area contributed by atoms with Gasteiger partial charge in [0.2, 0.25) is 17.7 Å². The number of aldehydes is 1. The Morgan fingerprint density at radius 1 is 1.00 bits per heavy atom. The second-order valence-electron chi connectivity index (χ2n) is 7.94. The van der Waals surface area contributed by atoms with E-state index in [-0.39, 0.29) is 29.6 Å². The molecule has 7 nitrogen and oxygen atoms in total. The van der Waals surface area contributed by atoms with Crippen LogP contribution in [0, 0.1) is 11.8 Å². The zero-order valence-corrected chi connectivity index (χ0v) is 18.1. The Bertz CT molecular complexity index is 519. The Kier molecular flexibility index (Phi) is 10.9. The molecule has 0 aromatic rings. The van der Waals surface area contributed by atoms with Crippen molar-refractivity contribution < 1.29 is 19.2 Å². The lowest BCUT2D eigenvalue weighted by Gasteiger charge is -2.34. The van der Waals surface area contributed by atoms with Crippen molar-refractivity contribution in [3.63, 3.8) is 0 Å². The molecule has 7 heteroatoms. The van der Waals surface area contributed by atoms with Gasteiger partial charge in [0.15, 0.2) is 0 Å². The fourth-order valence-electron chi connectivity index (χ4n) is 2.73. The molecule has 27 heavy (non-hydrogen) atoms. The quantitative estimate of drug-likeness (QED) is 0.552. The first-order valence-corrected chi connectivity index (χ1v) is 9.75. The van der Waals surface area contributed by atoms with Gasteiger partial charge >= 0.3 is 0 Å². The van der Waals surface area contributed by atoms with Crippen molar-refractivity contribution in [2.45, 2.75) is 78.9 Å². The Balaban J connectivity index is 5.37. The summed E-state index contributed by atoms with van der Waals surface area (Å²) in [6.45, 7) is 11.2. The molecule has 0 spiro atoms. The molecule has 0 aliphatic rings. The minimum Gasteiger partial charge on any atom is -0.345 e. The highest BCUT2D eigenvalue weighted by Gasteiger charge is 2.33. The molecule has 0 bridgehead atoms. The lowest BCUT2D eigenvalue weighted by Crippen LogP contribution is -2.56. The monoisotopic (exact) mass is 383 g/mol. The van der Waals surface area contributed by atoms with Crippen molar-refractivity contribution in [1.29, 1.82) is 0 Å². The first-order chi connectivity index (χ1) is 12.5. The number of hydrogen-bond donors (Lipinski definition) is 1. The number of nitrogens with one attached hydrogen (secondary N) is 1. The third kappa shape index (κ3) is 7.69. The normalized spacial score (nSPS) is 14.4. The molecule has 0 aromatic carbocycles. The number of likely N-dealkylation sites (N-methyl/N-ethyl adjacent to an activating group) is 2. The Hall–Kier alpha value is -1.92. The van der Waals surface area contributed by atoms with E-state index in [4.69, 9.17) is 0 Å². The minimum atomic E-state index is -0.698. The van der Waals surface area contributed by atoms with E-state index in [1.165, 1.54) is 9.80 Å². The second-order valence-corrected chi connectivity index (χ2v) is 7.94. The predicted octanol–water partition coefficient (Wildman–Crippen LogP) is 1.85. The fourth-order valence-corrected chi connectivity index (χ4v) is 2.73.